The van der Waals surface area contributed by atoms with Gasteiger partial charge in [-0.3, -0.25) is 14.9 Å². The van der Waals surface area contributed by atoms with Crippen molar-refractivity contribution >= 4 is 11.8 Å². The maximum Gasteiger partial charge on any atom is 0.320 e. The largest absolute Gasteiger partial charge is 0.333 e. The molecule has 0 aliphatic carbocycles. The fourth-order valence-electron chi connectivity index (χ4n) is 5.61. The average Bonchev–Trinajstić information content (AvgIpc) is 3.68. The molecule has 6 rings (SSSR count). The molecule has 0 saturated carbocycles. The zero-order valence-electron chi connectivity index (χ0n) is 23.3. The number of halogens is 2. The number of hydrogen-bond acceptors (Lipinski definition) is 4. The Morgan fingerprint density at radius 3 is 2.40 bits per heavy atom. The van der Waals surface area contributed by atoms with Crippen LogP contribution in [0.15, 0.2) is 91.3 Å². The van der Waals surface area contributed by atoms with Crippen LogP contribution in [0.4, 0.5) is 19.4 Å². The maximum absolute atomic E-state index is 14.2. The summed E-state index contributed by atoms with van der Waals surface area (Å²) in [6.07, 6.45) is 3.61. The van der Waals surface area contributed by atoms with Crippen molar-refractivity contribution < 1.29 is 13.6 Å². The lowest BCUT2D eigenvalue weighted by atomic mass is 9.94. The van der Waals surface area contributed by atoms with Crippen LogP contribution in [0.5, 0.6) is 0 Å². The number of carbonyl (C=O) groups is 1. The van der Waals surface area contributed by atoms with Crippen LogP contribution in [0.25, 0.3) is 16.9 Å². The molecule has 0 bridgehead atoms. The van der Waals surface area contributed by atoms with E-state index in [0.29, 0.717) is 36.7 Å². The second-order valence-electron chi connectivity index (χ2n) is 10.6. The molecule has 2 amide bonds. The van der Waals surface area contributed by atoms with Gasteiger partial charge in [0.1, 0.15) is 11.5 Å². The Bertz CT molecular complexity index is 1700. The number of nitrogens with one attached hydrogen (secondary N) is 2. The Morgan fingerprint density at radius 1 is 0.976 bits per heavy atom. The van der Waals surface area contributed by atoms with Crippen LogP contribution in [-0.4, -0.2) is 49.6 Å². The van der Waals surface area contributed by atoms with Gasteiger partial charge in [0, 0.05) is 49.9 Å². The highest BCUT2D eigenvalue weighted by Crippen LogP contribution is 2.32. The molecule has 1 fully saturated rings. The third-order valence-electron chi connectivity index (χ3n) is 7.67. The number of carbonyl (C=O) groups excluding carboxylic acids is 1. The molecule has 1 aliphatic heterocycles. The summed E-state index contributed by atoms with van der Waals surface area (Å²) in [5.41, 5.74) is 4.89. The molecule has 1 saturated heterocycles. The summed E-state index contributed by atoms with van der Waals surface area (Å²) in [6, 6.07) is 22.8. The van der Waals surface area contributed by atoms with Gasteiger partial charge in [-0.2, -0.15) is 10.2 Å². The molecular formula is C32H31F2N7O. The minimum absolute atomic E-state index is 0.236. The minimum atomic E-state index is -0.900. The van der Waals surface area contributed by atoms with Crippen molar-refractivity contribution in [2.45, 2.75) is 25.4 Å². The second-order valence-corrected chi connectivity index (χ2v) is 10.6. The van der Waals surface area contributed by atoms with Crippen molar-refractivity contribution in [3.8, 4) is 16.9 Å². The summed E-state index contributed by atoms with van der Waals surface area (Å²) in [7, 11) is 1.84. The van der Waals surface area contributed by atoms with Gasteiger partial charge in [-0.25, -0.2) is 18.3 Å². The van der Waals surface area contributed by atoms with Gasteiger partial charge in [-0.15, -0.1) is 0 Å². The standard InChI is InChI=1S/C32H31F2N7O/c1-21-30(24-16-35-39(2)18-24)38-41(25-11-7-4-8-12-25)31(21)37-32(42)36-29-20-40(17-22-9-5-3-6-10-22)19-26(29)23-13-14-27(33)28(34)15-23/h3-16,18,26,29H,17,19-20H2,1-2H3,(H2,36,37,42)/t26-,29+/m0/s1. The van der Waals surface area contributed by atoms with E-state index in [9.17, 15) is 13.6 Å². The molecule has 5 aromatic rings. The van der Waals surface area contributed by atoms with Gasteiger partial charge in [0.25, 0.3) is 0 Å². The molecule has 0 radical (unpaired) electrons. The average molecular weight is 568 g/mol. The molecule has 0 spiro atoms. The molecule has 2 aromatic heterocycles. The van der Waals surface area contributed by atoms with E-state index in [1.165, 1.54) is 6.07 Å². The van der Waals surface area contributed by atoms with Crippen LogP contribution in [0, 0.1) is 18.6 Å². The lowest BCUT2D eigenvalue weighted by molar-refractivity contribution is 0.246. The molecule has 3 heterocycles. The second kappa shape index (κ2) is 11.6. The highest BCUT2D eigenvalue weighted by molar-refractivity contribution is 5.91. The van der Waals surface area contributed by atoms with Crippen LogP contribution in [-0.2, 0) is 13.6 Å². The van der Waals surface area contributed by atoms with Crippen LogP contribution < -0.4 is 10.6 Å². The molecule has 1 aliphatic rings. The van der Waals surface area contributed by atoms with E-state index in [-0.39, 0.29) is 12.0 Å². The summed E-state index contributed by atoms with van der Waals surface area (Å²) in [5, 5.41) is 15.2. The molecule has 2 atom stereocenters. The number of hydrogen-bond donors (Lipinski definition) is 2. The number of nitrogens with zero attached hydrogens (tertiary/aromatic N) is 5. The number of para-hydroxylation sites is 1. The number of aryl methyl sites for hydroxylation is 1. The van der Waals surface area contributed by atoms with Gasteiger partial charge in [0.15, 0.2) is 11.6 Å². The number of urea groups is 1. The van der Waals surface area contributed by atoms with E-state index in [1.54, 1.807) is 21.6 Å². The van der Waals surface area contributed by atoms with Crippen molar-refractivity contribution in [1.82, 2.24) is 29.8 Å². The summed E-state index contributed by atoms with van der Waals surface area (Å²) >= 11 is 0. The summed E-state index contributed by atoms with van der Waals surface area (Å²) < 4.78 is 31.4. The van der Waals surface area contributed by atoms with Crippen LogP contribution in [0.3, 0.4) is 0 Å². The highest BCUT2D eigenvalue weighted by Gasteiger charge is 2.35. The number of anilines is 1. The summed E-state index contributed by atoms with van der Waals surface area (Å²) in [5.74, 6) is -1.50. The Labute approximate surface area is 242 Å². The highest BCUT2D eigenvalue weighted by atomic mass is 19.2. The van der Waals surface area contributed by atoms with E-state index in [2.05, 4.69) is 20.6 Å². The van der Waals surface area contributed by atoms with Crippen LogP contribution in [0.1, 0.15) is 22.6 Å². The molecule has 0 unspecified atom stereocenters. The van der Waals surface area contributed by atoms with E-state index in [0.717, 1.165) is 28.4 Å². The van der Waals surface area contributed by atoms with Crippen LogP contribution >= 0.6 is 0 Å². The van der Waals surface area contributed by atoms with Gasteiger partial charge in [-0.1, -0.05) is 54.6 Å². The van der Waals surface area contributed by atoms with Gasteiger partial charge in [0.05, 0.1) is 17.9 Å². The zero-order valence-corrected chi connectivity index (χ0v) is 23.3. The number of likely N-dealkylation sites (tertiary alicyclic amines) is 1. The third-order valence-corrected chi connectivity index (χ3v) is 7.67. The number of amides is 2. The monoisotopic (exact) mass is 567 g/mol. The maximum atomic E-state index is 14.2. The lowest BCUT2D eigenvalue weighted by Crippen LogP contribution is -2.42. The Morgan fingerprint density at radius 2 is 1.71 bits per heavy atom. The van der Waals surface area contributed by atoms with Gasteiger partial charge in [-0.05, 0) is 42.3 Å². The van der Waals surface area contributed by atoms with Crippen LogP contribution in [0.2, 0.25) is 0 Å². The molecule has 10 heteroatoms. The fourth-order valence-corrected chi connectivity index (χ4v) is 5.61. The molecule has 2 N–H and O–H groups in total. The molecule has 3 aromatic carbocycles. The van der Waals surface area contributed by atoms with Crippen molar-refractivity contribution in [3.05, 3.63) is 120 Å². The first-order chi connectivity index (χ1) is 20.4. The normalized spacial score (nSPS) is 17.0. The van der Waals surface area contributed by atoms with Gasteiger partial charge >= 0.3 is 6.03 Å². The first-order valence-corrected chi connectivity index (χ1v) is 13.8. The predicted molar refractivity (Wildman–Crippen MR) is 157 cm³/mol. The Balaban J connectivity index is 1.28. The zero-order chi connectivity index (χ0) is 29.2. The number of benzene rings is 3. The topological polar surface area (TPSA) is 80.0 Å². The van der Waals surface area contributed by atoms with E-state index >= 15 is 0 Å². The fraction of sp³-hybridized carbons (Fsp3) is 0.219. The SMILES string of the molecule is Cc1c(-c2cnn(C)c2)nn(-c2ccccc2)c1NC(=O)N[C@@H]1CN(Cc2ccccc2)C[C@H]1c1ccc(F)c(F)c1. The number of aromatic nitrogens is 4. The molecule has 214 valence electrons. The first-order valence-electron chi connectivity index (χ1n) is 13.8. The van der Waals surface area contributed by atoms with Crippen molar-refractivity contribution in [1.29, 1.82) is 0 Å². The minimum Gasteiger partial charge on any atom is -0.333 e. The third kappa shape index (κ3) is 5.66. The summed E-state index contributed by atoms with van der Waals surface area (Å²) in [4.78, 5) is 15.8. The molecule has 42 heavy (non-hydrogen) atoms. The number of rotatable bonds is 7. The molecular weight excluding hydrogens is 536 g/mol. The smallest absolute Gasteiger partial charge is 0.320 e. The lowest BCUT2D eigenvalue weighted by Gasteiger charge is -2.21. The van der Waals surface area contributed by atoms with Gasteiger partial charge < -0.3 is 5.32 Å². The van der Waals surface area contributed by atoms with Crippen molar-refractivity contribution in [2.75, 3.05) is 18.4 Å². The van der Waals surface area contributed by atoms with Crippen molar-refractivity contribution in [2.24, 2.45) is 7.05 Å². The Hall–Kier alpha value is -4.83. The summed E-state index contributed by atoms with van der Waals surface area (Å²) in [6.45, 7) is 3.71. The first kappa shape index (κ1) is 27.3. The van der Waals surface area contributed by atoms with E-state index in [1.807, 2.05) is 80.8 Å². The predicted octanol–water partition coefficient (Wildman–Crippen LogP) is 5.65. The van der Waals surface area contributed by atoms with Crippen molar-refractivity contribution in [3.63, 3.8) is 0 Å². The van der Waals surface area contributed by atoms with E-state index in [4.69, 9.17) is 5.10 Å². The quantitative estimate of drug-likeness (QED) is 0.267. The Kier molecular flexibility index (Phi) is 7.54. The van der Waals surface area contributed by atoms with E-state index < -0.39 is 17.7 Å². The molecule has 8 nitrogen and oxygen atoms in total. The van der Waals surface area contributed by atoms with Gasteiger partial charge in [0.2, 0.25) is 0 Å².